The molecule has 6 nitrogen and oxygen atoms in total. The second-order valence-corrected chi connectivity index (χ2v) is 3.09. The van der Waals surface area contributed by atoms with E-state index in [0.29, 0.717) is 0 Å². The largest absolute Gasteiger partial charge is 0.483 e. The van der Waals surface area contributed by atoms with Gasteiger partial charge in [0.1, 0.15) is 12.2 Å². The first kappa shape index (κ1) is 12.7. The van der Waals surface area contributed by atoms with E-state index in [-0.39, 0.29) is 17.9 Å². The normalized spacial score (nSPS) is 10.4. The first-order valence-corrected chi connectivity index (χ1v) is 4.82. The Morgan fingerprint density at radius 3 is 2.82 bits per heavy atom. The van der Waals surface area contributed by atoms with Crippen LogP contribution in [0.25, 0.3) is 0 Å². The maximum absolute atomic E-state index is 10.8. The monoisotopic (exact) mass is 237 g/mol. The maximum atomic E-state index is 10.8. The summed E-state index contributed by atoms with van der Waals surface area (Å²) in [7, 11) is 0. The van der Waals surface area contributed by atoms with Gasteiger partial charge in [0.25, 0.3) is 0 Å². The van der Waals surface area contributed by atoms with E-state index in [2.05, 4.69) is 0 Å². The lowest BCUT2D eigenvalue weighted by Gasteiger charge is -2.05. The lowest BCUT2D eigenvalue weighted by atomic mass is 10.1. The van der Waals surface area contributed by atoms with Crippen LogP contribution in [0.5, 0.6) is 5.75 Å². The van der Waals surface area contributed by atoms with Gasteiger partial charge in [-0.3, -0.25) is 10.1 Å². The summed E-state index contributed by atoms with van der Waals surface area (Å²) in [6.07, 6.45) is 3.39. The van der Waals surface area contributed by atoms with Crippen molar-refractivity contribution in [1.82, 2.24) is 0 Å². The molecule has 0 bridgehead atoms. The Bertz CT molecular complexity index is 467. The lowest BCUT2D eigenvalue weighted by molar-refractivity contribution is -0.386. The van der Waals surface area contributed by atoms with E-state index in [0.717, 1.165) is 0 Å². The van der Waals surface area contributed by atoms with Crippen molar-refractivity contribution in [3.63, 3.8) is 0 Å². The highest BCUT2D eigenvalue weighted by molar-refractivity contribution is 5.93. The number of carboxylic acids is 1. The molecular weight excluding hydrogens is 226 g/mol. The predicted molar refractivity (Wildman–Crippen MR) is 60.4 cm³/mol. The van der Waals surface area contributed by atoms with Crippen LogP contribution in [0, 0.1) is 10.1 Å². The first-order valence-electron chi connectivity index (χ1n) is 4.82. The average molecular weight is 237 g/mol. The van der Waals surface area contributed by atoms with Gasteiger partial charge in [-0.2, -0.15) is 0 Å². The van der Waals surface area contributed by atoms with Gasteiger partial charge in [0.05, 0.1) is 4.92 Å². The smallest absolute Gasteiger partial charge is 0.342 e. The maximum Gasteiger partial charge on any atom is 0.342 e. The third-order valence-electron chi connectivity index (χ3n) is 1.98. The molecule has 1 aromatic carbocycles. The first-order chi connectivity index (χ1) is 8.07. The second kappa shape index (κ2) is 5.64. The molecule has 6 heteroatoms. The number of hydrogen-bond donors (Lipinski definition) is 1. The number of benzene rings is 1. The molecule has 0 aliphatic rings. The number of nitro groups is 1. The van der Waals surface area contributed by atoms with Gasteiger partial charge < -0.3 is 9.84 Å². The number of hydrogen-bond acceptors (Lipinski definition) is 4. The molecule has 1 N–H and O–H groups in total. The minimum Gasteiger partial charge on any atom is -0.483 e. The van der Waals surface area contributed by atoms with Crippen LogP contribution in [0.15, 0.2) is 30.4 Å². The van der Waals surface area contributed by atoms with E-state index in [1.54, 1.807) is 19.1 Å². The SMILES string of the molecule is C/C=C/COc1cccc(C(=O)O)c1[N+](=O)[O-]. The summed E-state index contributed by atoms with van der Waals surface area (Å²) in [6, 6.07) is 3.94. The number of allylic oxidation sites excluding steroid dienone is 1. The van der Waals surface area contributed by atoms with E-state index in [4.69, 9.17) is 9.84 Å². The van der Waals surface area contributed by atoms with Crippen molar-refractivity contribution < 1.29 is 19.6 Å². The molecule has 1 aromatic rings. The molecule has 0 atom stereocenters. The van der Waals surface area contributed by atoms with Crippen molar-refractivity contribution in [1.29, 1.82) is 0 Å². The lowest BCUT2D eigenvalue weighted by Crippen LogP contribution is -2.05. The van der Waals surface area contributed by atoms with Gasteiger partial charge in [-0.15, -0.1) is 0 Å². The van der Waals surface area contributed by atoms with Gasteiger partial charge in [-0.25, -0.2) is 4.79 Å². The van der Waals surface area contributed by atoms with Gasteiger partial charge in [-0.1, -0.05) is 18.2 Å². The van der Waals surface area contributed by atoms with Crippen molar-refractivity contribution in [2.24, 2.45) is 0 Å². The van der Waals surface area contributed by atoms with Crippen LogP contribution < -0.4 is 4.74 Å². The molecule has 0 aliphatic heterocycles. The summed E-state index contributed by atoms with van der Waals surface area (Å²) in [5, 5.41) is 19.7. The minimum atomic E-state index is -1.35. The molecule has 0 amide bonds. The summed E-state index contributed by atoms with van der Waals surface area (Å²) in [5.41, 5.74) is -0.905. The highest BCUT2D eigenvalue weighted by Crippen LogP contribution is 2.30. The topological polar surface area (TPSA) is 89.7 Å². The average Bonchev–Trinajstić information content (AvgIpc) is 2.28. The number of rotatable bonds is 5. The van der Waals surface area contributed by atoms with Crippen LogP contribution in [0.1, 0.15) is 17.3 Å². The van der Waals surface area contributed by atoms with Crippen LogP contribution >= 0.6 is 0 Å². The fourth-order valence-corrected chi connectivity index (χ4v) is 1.23. The molecular formula is C11H11NO5. The highest BCUT2D eigenvalue weighted by atomic mass is 16.6. The number of para-hydroxylation sites is 1. The Morgan fingerprint density at radius 1 is 1.59 bits per heavy atom. The fourth-order valence-electron chi connectivity index (χ4n) is 1.23. The molecule has 0 spiro atoms. The molecule has 17 heavy (non-hydrogen) atoms. The molecule has 0 aliphatic carbocycles. The van der Waals surface area contributed by atoms with Gasteiger partial charge in [-0.05, 0) is 19.1 Å². The van der Waals surface area contributed by atoms with Crippen LogP contribution in [0.4, 0.5) is 5.69 Å². The summed E-state index contributed by atoms with van der Waals surface area (Å²) >= 11 is 0. The Balaban J connectivity index is 3.15. The molecule has 0 fully saturated rings. The van der Waals surface area contributed by atoms with Crippen molar-refractivity contribution in [3.8, 4) is 5.75 Å². The number of ether oxygens (including phenoxy) is 1. The van der Waals surface area contributed by atoms with Crippen molar-refractivity contribution >= 4 is 11.7 Å². The van der Waals surface area contributed by atoms with Gasteiger partial charge in [0, 0.05) is 0 Å². The fraction of sp³-hybridized carbons (Fsp3) is 0.182. The number of aromatic carboxylic acids is 1. The standard InChI is InChI=1S/C11H11NO5/c1-2-3-7-17-9-6-4-5-8(11(13)14)10(9)12(15)16/h2-6H,7H2,1H3,(H,13,14)/b3-2+. The Kier molecular flexibility index (Phi) is 4.21. The quantitative estimate of drug-likeness (QED) is 0.482. The Hall–Kier alpha value is -2.37. The zero-order valence-electron chi connectivity index (χ0n) is 9.12. The molecule has 1 rings (SSSR count). The van der Waals surface area contributed by atoms with Crippen LogP contribution in [0.2, 0.25) is 0 Å². The molecule has 90 valence electrons. The van der Waals surface area contributed by atoms with Gasteiger partial charge in [0.15, 0.2) is 5.75 Å². The molecule has 0 aromatic heterocycles. The van der Waals surface area contributed by atoms with Gasteiger partial charge in [0.2, 0.25) is 0 Å². The number of carboxylic acid groups (broad SMARTS) is 1. The zero-order chi connectivity index (χ0) is 12.8. The highest BCUT2D eigenvalue weighted by Gasteiger charge is 2.24. The minimum absolute atomic E-state index is 0.0481. The van der Waals surface area contributed by atoms with Crippen molar-refractivity contribution in [3.05, 3.63) is 46.0 Å². The summed E-state index contributed by atoms with van der Waals surface area (Å²) < 4.78 is 5.14. The molecule has 0 unspecified atom stereocenters. The summed E-state index contributed by atoms with van der Waals surface area (Å²) in [5.74, 6) is -1.40. The molecule has 0 saturated carbocycles. The van der Waals surface area contributed by atoms with E-state index < -0.39 is 16.6 Å². The van der Waals surface area contributed by atoms with E-state index >= 15 is 0 Å². The summed E-state index contributed by atoms with van der Waals surface area (Å²) in [6.45, 7) is 1.94. The van der Waals surface area contributed by atoms with Crippen LogP contribution in [0.3, 0.4) is 0 Å². The van der Waals surface area contributed by atoms with Crippen LogP contribution in [-0.4, -0.2) is 22.6 Å². The molecule has 0 radical (unpaired) electrons. The number of carbonyl (C=O) groups is 1. The molecule has 0 heterocycles. The number of nitro benzene ring substituents is 1. The van der Waals surface area contributed by atoms with Crippen LogP contribution in [-0.2, 0) is 0 Å². The van der Waals surface area contributed by atoms with E-state index in [1.165, 1.54) is 18.2 Å². The third kappa shape index (κ3) is 3.04. The van der Waals surface area contributed by atoms with Gasteiger partial charge >= 0.3 is 11.7 Å². The second-order valence-electron chi connectivity index (χ2n) is 3.09. The van der Waals surface area contributed by atoms with E-state index in [9.17, 15) is 14.9 Å². The van der Waals surface area contributed by atoms with Crippen molar-refractivity contribution in [2.75, 3.05) is 6.61 Å². The summed E-state index contributed by atoms with van der Waals surface area (Å²) in [4.78, 5) is 20.9. The third-order valence-corrected chi connectivity index (χ3v) is 1.98. The Morgan fingerprint density at radius 2 is 2.29 bits per heavy atom. The predicted octanol–water partition coefficient (Wildman–Crippen LogP) is 2.25. The molecule has 0 saturated heterocycles. The number of nitrogens with zero attached hydrogens (tertiary/aromatic N) is 1. The van der Waals surface area contributed by atoms with Crippen molar-refractivity contribution in [2.45, 2.75) is 6.92 Å². The Labute approximate surface area is 97.3 Å². The zero-order valence-corrected chi connectivity index (χ0v) is 9.12. The van der Waals surface area contributed by atoms with E-state index in [1.807, 2.05) is 0 Å².